The van der Waals surface area contributed by atoms with Crippen molar-refractivity contribution in [2.75, 3.05) is 6.54 Å². The Kier molecular flexibility index (Phi) is 2.60. The van der Waals surface area contributed by atoms with Crippen molar-refractivity contribution in [2.45, 2.75) is 6.42 Å². The summed E-state index contributed by atoms with van der Waals surface area (Å²) in [5.41, 5.74) is 9.08. The molecule has 0 unspecified atom stereocenters. The molecule has 3 N–H and O–H groups in total. The van der Waals surface area contributed by atoms with Crippen molar-refractivity contribution in [2.24, 2.45) is 5.73 Å². The highest BCUT2D eigenvalue weighted by atomic mass is 15.1. The Balaban J connectivity index is 2.31. The summed E-state index contributed by atoms with van der Waals surface area (Å²) in [6.45, 7) is 0.689. The molecule has 2 rings (SSSR count). The molecule has 0 aliphatic rings. The number of H-pyrrole nitrogens is 1. The minimum atomic E-state index is 0.689. The van der Waals surface area contributed by atoms with Gasteiger partial charge in [0, 0.05) is 11.8 Å². The van der Waals surface area contributed by atoms with Crippen LogP contribution in [0.4, 0.5) is 0 Å². The molecule has 0 aliphatic carbocycles. The van der Waals surface area contributed by atoms with Gasteiger partial charge in [-0.3, -0.25) is 5.10 Å². The fraction of sp³-hybridized carbons (Fsp3) is 0.182. The van der Waals surface area contributed by atoms with Crippen molar-refractivity contribution in [1.82, 2.24) is 10.2 Å². The Bertz CT molecular complexity index is 393. The molecule has 1 heterocycles. The van der Waals surface area contributed by atoms with E-state index in [9.17, 15) is 0 Å². The fourth-order valence-electron chi connectivity index (χ4n) is 1.48. The van der Waals surface area contributed by atoms with Gasteiger partial charge in [-0.2, -0.15) is 5.10 Å². The molecule has 0 spiro atoms. The second-order valence-corrected chi connectivity index (χ2v) is 3.23. The summed E-state index contributed by atoms with van der Waals surface area (Å²) in [7, 11) is 0. The van der Waals surface area contributed by atoms with Crippen molar-refractivity contribution >= 4 is 0 Å². The number of nitrogens with one attached hydrogen (secondary N) is 1. The van der Waals surface area contributed by atoms with Gasteiger partial charge in [-0.1, -0.05) is 24.3 Å². The lowest BCUT2D eigenvalue weighted by Gasteiger charge is -2.01. The molecule has 72 valence electrons. The lowest BCUT2D eigenvalue weighted by Crippen LogP contribution is -2.02. The van der Waals surface area contributed by atoms with Crippen molar-refractivity contribution in [1.29, 1.82) is 0 Å². The number of aromatic nitrogens is 2. The molecule has 0 saturated heterocycles. The van der Waals surface area contributed by atoms with Crippen molar-refractivity contribution in [3.63, 3.8) is 0 Å². The maximum absolute atomic E-state index is 5.51. The van der Waals surface area contributed by atoms with Crippen LogP contribution in [-0.2, 0) is 6.42 Å². The first-order valence-electron chi connectivity index (χ1n) is 4.68. The predicted octanol–water partition coefficient (Wildman–Crippen LogP) is 1.58. The van der Waals surface area contributed by atoms with Crippen molar-refractivity contribution in [3.8, 4) is 11.1 Å². The van der Waals surface area contributed by atoms with Crippen molar-refractivity contribution in [3.05, 3.63) is 42.2 Å². The highest BCUT2D eigenvalue weighted by Crippen LogP contribution is 2.18. The molecule has 0 bridgehead atoms. The molecule has 0 atom stereocenters. The largest absolute Gasteiger partial charge is 0.330 e. The molecule has 1 aromatic carbocycles. The van der Waals surface area contributed by atoms with E-state index in [0.717, 1.165) is 12.0 Å². The van der Waals surface area contributed by atoms with Gasteiger partial charge in [-0.25, -0.2) is 0 Å². The normalized spacial score (nSPS) is 10.4. The third-order valence-electron chi connectivity index (χ3n) is 2.19. The molecular formula is C11H13N3. The highest BCUT2D eigenvalue weighted by Gasteiger charge is 1.99. The summed E-state index contributed by atoms with van der Waals surface area (Å²) in [6, 6.07) is 8.37. The van der Waals surface area contributed by atoms with Crippen LogP contribution in [0.25, 0.3) is 11.1 Å². The zero-order chi connectivity index (χ0) is 9.80. The summed E-state index contributed by atoms with van der Waals surface area (Å²) in [5, 5.41) is 6.73. The monoisotopic (exact) mass is 187 g/mol. The molecule has 1 aromatic heterocycles. The van der Waals surface area contributed by atoms with E-state index in [1.165, 1.54) is 11.1 Å². The summed E-state index contributed by atoms with van der Waals surface area (Å²) in [4.78, 5) is 0. The molecule has 0 radical (unpaired) electrons. The SMILES string of the molecule is NCCc1cccc(-c2cn[nH]c2)c1. The number of aromatic amines is 1. The minimum Gasteiger partial charge on any atom is -0.330 e. The van der Waals surface area contributed by atoms with Crippen LogP contribution in [0.3, 0.4) is 0 Å². The number of benzene rings is 1. The predicted molar refractivity (Wildman–Crippen MR) is 56.8 cm³/mol. The van der Waals surface area contributed by atoms with Crippen LogP contribution in [-0.4, -0.2) is 16.7 Å². The Labute approximate surface area is 83.0 Å². The summed E-state index contributed by atoms with van der Waals surface area (Å²) < 4.78 is 0. The number of rotatable bonds is 3. The first-order chi connectivity index (χ1) is 6.90. The molecule has 3 nitrogen and oxygen atoms in total. The lowest BCUT2D eigenvalue weighted by molar-refractivity contribution is 0.969. The smallest absolute Gasteiger partial charge is 0.0565 e. The van der Waals surface area contributed by atoms with Gasteiger partial charge in [0.2, 0.25) is 0 Å². The average Bonchev–Trinajstić information content (AvgIpc) is 2.71. The van der Waals surface area contributed by atoms with Gasteiger partial charge in [0.1, 0.15) is 0 Å². The van der Waals surface area contributed by atoms with Gasteiger partial charge in [-0.15, -0.1) is 0 Å². The van der Waals surface area contributed by atoms with E-state index in [4.69, 9.17) is 5.73 Å². The zero-order valence-electron chi connectivity index (χ0n) is 7.90. The Morgan fingerprint density at radius 2 is 2.21 bits per heavy atom. The average molecular weight is 187 g/mol. The second kappa shape index (κ2) is 4.07. The molecule has 2 aromatic rings. The van der Waals surface area contributed by atoms with E-state index < -0.39 is 0 Å². The minimum absolute atomic E-state index is 0.689. The molecule has 14 heavy (non-hydrogen) atoms. The van der Waals surface area contributed by atoms with E-state index in [1.54, 1.807) is 0 Å². The summed E-state index contributed by atoms with van der Waals surface area (Å²) >= 11 is 0. The number of nitrogens with zero attached hydrogens (tertiary/aromatic N) is 1. The zero-order valence-corrected chi connectivity index (χ0v) is 7.90. The topological polar surface area (TPSA) is 54.7 Å². The van der Waals surface area contributed by atoms with E-state index >= 15 is 0 Å². The maximum atomic E-state index is 5.51. The fourth-order valence-corrected chi connectivity index (χ4v) is 1.48. The molecular weight excluding hydrogens is 174 g/mol. The van der Waals surface area contributed by atoms with E-state index in [1.807, 2.05) is 18.5 Å². The van der Waals surface area contributed by atoms with E-state index in [2.05, 4.69) is 28.4 Å². The van der Waals surface area contributed by atoms with Crippen LogP contribution in [0.5, 0.6) is 0 Å². The highest BCUT2D eigenvalue weighted by molar-refractivity contribution is 5.62. The quantitative estimate of drug-likeness (QED) is 0.766. The summed E-state index contributed by atoms with van der Waals surface area (Å²) in [6.07, 6.45) is 4.63. The van der Waals surface area contributed by atoms with Gasteiger partial charge in [0.05, 0.1) is 6.20 Å². The molecule has 0 amide bonds. The first kappa shape index (κ1) is 8.97. The number of hydrogen-bond donors (Lipinski definition) is 2. The second-order valence-electron chi connectivity index (χ2n) is 3.23. The maximum Gasteiger partial charge on any atom is 0.0565 e. The third kappa shape index (κ3) is 1.83. The van der Waals surface area contributed by atoms with Gasteiger partial charge in [0.15, 0.2) is 0 Å². The van der Waals surface area contributed by atoms with E-state index in [-0.39, 0.29) is 0 Å². The summed E-state index contributed by atoms with van der Waals surface area (Å²) in [5.74, 6) is 0. The van der Waals surface area contributed by atoms with Gasteiger partial charge in [-0.05, 0) is 24.1 Å². The van der Waals surface area contributed by atoms with Crippen LogP contribution < -0.4 is 5.73 Å². The lowest BCUT2D eigenvalue weighted by atomic mass is 10.0. The van der Waals surface area contributed by atoms with Crippen LogP contribution in [0.2, 0.25) is 0 Å². The van der Waals surface area contributed by atoms with E-state index in [0.29, 0.717) is 6.54 Å². The van der Waals surface area contributed by atoms with Crippen LogP contribution in [0, 0.1) is 0 Å². The van der Waals surface area contributed by atoms with Crippen LogP contribution >= 0.6 is 0 Å². The molecule has 3 heteroatoms. The Morgan fingerprint density at radius 3 is 2.93 bits per heavy atom. The van der Waals surface area contributed by atoms with Crippen LogP contribution in [0.1, 0.15) is 5.56 Å². The Hall–Kier alpha value is -1.61. The first-order valence-corrected chi connectivity index (χ1v) is 4.68. The van der Waals surface area contributed by atoms with Gasteiger partial charge < -0.3 is 5.73 Å². The van der Waals surface area contributed by atoms with Crippen molar-refractivity contribution < 1.29 is 0 Å². The van der Waals surface area contributed by atoms with Gasteiger partial charge in [0.25, 0.3) is 0 Å². The molecule has 0 saturated carbocycles. The number of nitrogens with two attached hydrogens (primary N) is 1. The third-order valence-corrected chi connectivity index (χ3v) is 2.19. The van der Waals surface area contributed by atoms with Crippen LogP contribution in [0.15, 0.2) is 36.7 Å². The standard InChI is InChI=1S/C11H13N3/c12-5-4-9-2-1-3-10(6-9)11-7-13-14-8-11/h1-3,6-8H,4-5,12H2,(H,13,14). The molecule has 0 aliphatic heterocycles. The Morgan fingerprint density at radius 1 is 1.29 bits per heavy atom. The molecule has 0 fully saturated rings. The number of hydrogen-bond acceptors (Lipinski definition) is 2. The van der Waals surface area contributed by atoms with Gasteiger partial charge >= 0.3 is 0 Å².